The van der Waals surface area contributed by atoms with E-state index in [0.29, 0.717) is 18.5 Å². The Kier molecular flexibility index (Phi) is 4.81. The molecule has 2 atom stereocenters. The number of amides is 1. The fourth-order valence-electron chi connectivity index (χ4n) is 2.20. The van der Waals surface area contributed by atoms with Crippen LogP contribution < -0.4 is 5.32 Å². The summed E-state index contributed by atoms with van der Waals surface area (Å²) in [7, 11) is 0. The smallest absolute Gasteiger partial charge is 0.254 e. The highest BCUT2D eigenvalue weighted by Gasteiger charge is 2.31. The highest BCUT2D eigenvalue weighted by atomic mass is 16.3. The maximum Gasteiger partial charge on any atom is 0.254 e. The summed E-state index contributed by atoms with van der Waals surface area (Å²) in [4.78, 5) is 12.0. The molecular formula is C17H21NO3. The minimum Gasteiger partial charge on any atom is -0.472 e. The van der Waals surface area contributed by atoms with E-state index in [-0.39, 0.29) is 5.91 Å². The molecule has 4 nitrogen and oxygen atoms in total. The monoisotopic (exact) mass is 287 g/mol. The molecule has 0 radical (unpaired) electrons. The molecule has 1 aromatic carbocycles. The summed E-state index contributed by atoms with van der Waals surface area (Å²) >= 11 is 0. The van der Waals surface area contributed by atoms with E-state index >= 15 is 0 Å². The lowest BCUT2D eigenvalue weighted by molar-refractivity contribution is 0.0500. The van der Waals surface area contributed by atoms with Crippen molar-refractivity contribution >= 4 is 5.91 Å². The van der Waals surface area contributed by atoms with Gasteiger partial charge in [-0.2, -0.15) is 0 Å². The summed E-state index contributed by atoms with van der Waals surface area (Å²) in [6.45, 7) is 4.12. The number of hydrogen-bond donors (Lipinski definition) is 2. The molecule has 0 fully saturated rings. The van der Waals surface area contributed by atoms with E-state index in [2.05, 4.69) is 5.32 Å². The van der Waals surface area contributed by atoms with E-state index in [1.165, 1.54) is 12.5 Å². The number of aliphatic hydroxyl groups excluding tert-OH is 1. The van der Waals surface area contributed by atoms with Gasteiger partial charge in [-0.1, -0.05) is 37.3 Å². The van der Waals surface area contributed by atoms with Gasteiger partial charge in [0.25, 0.3) is 5.91 Å². The molecule has 0 bridgehead atoms. The predicted octanol–water partition coefficient (Wildman–Crippen LogP) is 2.64. The zero-order valence-electron chi connectivity index (χ0n) is 12.4. The third-order valence-corrected chi connectivity index (χ3v) is 3.90. The molecule has 2 N–H and O–H groups in total. The Labute approximate surface area is 124 Å². The molecule has 1 aromatic heterocycles. The molecule has 2 aromatic rings. The summed E-state index contributed by atoms with van der Waals surface area (Å²) in [5, 5.41) is 13.0. The normalized spacial score (nSPS) is 15.2. The van der Waals surface area contributed by atoms with E-state index in [9.17, 15) is 9.90 Å². The molecule has 21 heavy (non-hydrogen) atoms. The average molecular weight is 287 g/mol. The number of aliphatic hydroxyl groups is 1. The van der Waals surface area contributed by atoms with Crippen molar-refractivity contribution in [2.45, 2.75) is 26.4 Å². The quantitative estimate of drug-likeness (QED) is 0.858. The average Bonchev–Trinajstić information content (AvgIpc) is 3.00. The van der Waals surface area contributed by atoms with Gasteiger partial charge in [0, 0.05) is 12.0 Å². The second-order valence-corrected chi connectivity index (χ2v) is 5.69. The van der Waals surface area contributed by atoms with Gasteiger partial charge in [-0.15, -0.1) is 0 Å². The molecule has 0 aliphatic heterocycles. The van der Waals surface area contributed by atoms with Gasteiger partial charge in [0.2, 0.25) is 0 Å². The Morgan fingerprint density at radius 2 is 2.05 bits per heavy atom. The van der Waals surface area contributed by atoms with Crippen LogP contribution in [0.25, 0.3) is 0 Å². The van der Waals surface area contributed by atoms with Crippen molar-refractivity contribution in [1.29, 1.82) is 0 Å². The first-order chi connectivity index (χ1) is 10.0. The van der Waals surface area contributed by atoms with Gasteiger partial charge in [0.05, 0.1) is 17.9 Å². The number of hydrogen-bond acceptors (Lipinski definition) is 3. The zero-order chi connectivity index (χ0) is 15.3. The largest absolute Gasteiger partial charge is 0.472 e. The van der Waals surface area contributed by atoms with Crippen LogP contribution in [-0.4, -0.2) is 23.7 Å². The van der Waals surface area contributed by atoms with Gasteiger partial charge in [-0.25, -0.2) is 0 Å². The Morgan fingerprint density at radius 1 is 1.33 bits per heavy atom. The van der Waals surface area contributed by atoms with Crippen molar-refractivity contribution in [3.05, 3.63) is 60.1 Å². The Balaban J connectivity index is 2.03. The third kappa shape index (κ3) is 3.95. The second kappa shape index (κ2) is 6.59. The molecular weight excluding hydrogens is 266 g/mol. The lowest BCUT2D eigenvalue weighted by Crippen LogP contribution is -2.43. The summed E-state index contributed by atoms with van der Waals surface area (Å²) in [6, 6.07) is 11.6. The minimum atomic E-state index is -0.539. The van der Waals surface area contributed by atoms with Crippen LogP contribution in [0.5, 0.6) is 0 Å². The number of carbonyl (C=O) groups excluding carboxylic acids is 1. The Hall–Kier alpha value is -2.07. The van der Waals surface area contributed by atoms with Crippen molar-refractivity contribution in [3.63, 3.8) is 0 Å². The van der Waals surface area contributed by atoms with Crippen molar-refractivity contribution in [2.24, 2.45) is 5.41 Å². The van der Waals surface area contributed by atoms with Crippen molar-refractivity contribution in [2.75, 3.05) is 6.54 Å². The van der Waals surface area contributed by atoms with E-state index < -0.39 is 11.5 Å². The zero-order valence-corrected chi connectivity index (χ0v) is 12.4. The molecule has 0 saturated carbocycles. The lowest BCUT2D eigenvalue weighted by atomic mass is 9.79. The van der Waals surface area contributed by atoms with Gasteiger partial charge in [0.1, 0.15) is 6.26 Å². The fourth-order valence-corrected chi connectivity index (χ4v) is 2.20. The molecule has 0 aliphatic carbocycles. The summed E-state index contributed by atoms with van der Waals surface area (Å²) in [6.07, 6.45) is 3.03. The summed E-state index contributed by atoms with van der Waals surface area (Å²) in [5.74, 6) is -0.191. The van der Waals surface area contributed by atoms with Gasteiger partial charge in [0.15, 0.2) is 0 Å². The van der Waals surface area contributed by atoms with Crippen LogP contribution in [0.2, 0.25) is 0 Å². The van der Waals surface area contributed by atoms with Gasteiger partial charge in [-0.3, -0.25) is 4.79 Å². The van der Waals surface area contributed by atoms with E-state index in [0.717, 1.165) is 5.56 Å². The third-order valence-electron chi connectivity index (χ3n) is 3.90. The fraction of sp³-hybridized carbons (Fsp3) is 0.353. The van der Waals surface area contributed by atoms with E-state index in [4.69, 9.17) is 4.42 Å². The van der Waals surface area contributed by atoms with E-state index in [1.807, 2.05) is 37.3 Å². The highest BCUT2D eigenvalue weighted by Crippen LogP contribution is 2.26. The number of benzene rings is 1. The highest BCUT2D eigenvalue weighted by molar-refractivity contribution is 5.93. The number of furan rings is 1. The lowest BCUT2D eigenvalue weighted by Gasteiger charge is -2.33. The van der Waals surface area contributed by atoms with Crippen LogP contribution in [0, 0.1) is 5.41 Å². The molecule has 1 amide bonds. The van der Waals surface area contributed by atoms with E-state index in [1.54, 1.807) is 13.0 Å². The maximum absolute atomic E-state index is 12.0. The van der Waals surface area contributed by atoms with Crippen LogP contribution in [0.1, 0.15) is 29.8 Å². The first-order valence-corrected chi connectivity index (χ1v) is 7.04. The van der Waals surface area contributed by atoms with Gasteiger partial charge < -0.3 is 14.8 Å². The SMILES string of the molecule is C[C@@H](O)[C@@](C)(CNC(=O)c1ccoc1)Cc1ccccc1. The summed E-state index contributed by atoms with van der Waals surface area (Å²) < 4.78 is 4.90. The molecule has 112 valence electrons. The Morgan fingerprint density at radius 3 is 2.62 bits per heavy atom. The molecule has 4 heteroatoms. The topological polar surface area (TPSA) is 62.5 Å². The van der Waals surface area contributed by atoms with Crippen molar-refractivity contribution in [3.8, 4) is 0 Å². The van der Waals surface area contributed by atoms with Crippen LogP contribution >= 0.6 is 0 Å². The molecule has 0 aliphatic rings. The van der Waals surface area contributed by atoms with Gasteiger partial charge >= 0.3 is 0 Å². The molecule has 0 spiro atoms. The Bertz CT molecular complexity index is 563. The summed E-state index contributed by atoms with van der Waals surface area (Å²) in [5.41, 5.74) is 1.20. The van der Waals surface area contributed by atoms with Crippen LogP contribution in [0.15, 0.2) is 53.3 Å². The predicted molar refractivity (Wildman–Crippen MR) is 81.0 cm³/mol. The van der Waals surface area contributed by atoms with Crippen LogP contribution in [0.4, 0.5) is 0 Å². The van der Waals surface area contributed by atoms with Crippen molar-refractivity contribution < 1.29 is 14.3 Å². The second-order valence-electron chi connectivity index (χ2n) is 5.69. The minimum absolute atomic E-state index is 0.191. The maximum atomic E-state index is 12.0. The standard InChI is InChI=1S/C17H21NO3/c1-13(19)17(2,10-14-6-4-3-5-7-14)12-18-16(20)15-8-9-21-11-15/h3-9,11,13,19H,10,12H2,1-2H3,(H,18,20)/t13-,17-/m1/s1. The van der Waals surface area contributed by atoms with Gasteiger partial charge in [-0.05, 0) is 25.0 Å². The first kappa shape index (κ1) is 15.3. The molecule has 0 unspecified atom stereocenters. The van der Waals surface area contributed by atoms with Crippen LogP contribution in [-0.2, 0) is 6.42 Å². The van der Waals surface area contributed by atoms with Crippen LogP contribution in [0.3, 0.4) is 0 Å². The molecule has 1 heterocycles. The molecule has 2 rings (SSSR count). The number of carbonyl (C=O) groups is 1. The molecule has 0 saturated heterocycles. The first-order valence-electron chi connectivity index (χ1n) is 7.04. The van der Waals surface area contributed by atoms with Crippen molar-refractivity contribution in [1.82, 2.24) is 5.32 Å². The number of nitrogens with one attached hydrogen (secondary N) is 1. The number of rotatable bonds is 6.